The van der Waals surface area contributed by atoms with E-state index in [4.69, 9.17) is 9.47 Å². The molecule has 0 N–H and O–H groups in total. The summed E-state index contributed by atoms with van der Waals surface area (Å²) in [4.78, 5) is 0. The monoisotopic (exact) mass is 1170 g/mol. The lowest BCUT2D eigenvalue weighted by Crippen LogP contribution is -2.32. The lowest BCUT2D eigenvalue weighted by molar-refractivity contribution is 0.304. The third-order valence-corrected chi connectivity index (χ3v) is 26.6. The van der Waals surface area contributed by atoms with Gasteiger partial charge in [0.2, 0.25) is 0 Å². The molecule has 10 aromatic carbocycles. The minimum Gasteiger partial charge on any atom is -0.494 e. The van der Waals surface area contributed by atoms with Gasteiger partial charge in [0.05, 0.1) is 25.5 Å². The Balaban J connectivity index is 1.08. The maximum Gasteiger partial charge on any atom is 0.127 e. The number of hydrogen-bond donors (Lipinski definition) is 0. The van der Waals surface area contributed by atoms with Gasteiger partial charge in [-0.15, -0.1) is 0 Å². The lowest BCUT2D eigenvalue weighted by atomic mass is 9.91. The Morgan fingerprint density at radius 2 is 0.628 bits per heavy atom. The van der Waals surface area contributed by atoms with Crippen molar-refractivity contribution in [2.75, 3.05) is 13.2 Å². The van der Waals surface area contributed by atoms with Crippen molar-refractivity contribution in [2.45, 2.75) is 155 Å². The molecule has 0 saturated heterocycles. The fraction of sp³-hybridized carbons (Fsp3) is 0.317. The van der Waals surface area contributed by atoms with Crippen molar-refractivity contribution in [3.8, 4) is 22.6 Å². The molecule has 442 valence electrons. The number of unbranched alkanes of at least 4 members (excludes halogenated alkanes) is 18. The van der Waals surface area contributed by atoms with Gasteiger partial charge >= 0.3 is 0 Å². The van der Waals surface area contributed by atoms with E-state index in [1.165, 1.54) is 186 Å². The summed E-state index contributed by atoms with van der Waals surface area (Å²) in [5, 5.41) is 13.2. The van der Waals surface area contributed by atoms with Crippen LogP contribution < -0.4 is 41.3 Å². The first-order valence-electron chi connectivity index (χ1n) is 33.1. The molecule has 0 aromatic heterocycles. The standard InChI is InChI=1S/C82H94O2P2/c1-3-5-7-9-11-13-15-17-19-39-59-83-71-56-54-70-62-68(66-86(75-47-33-24-34-48-75,76-49-35-25-36-50-76)77-51-37-26-38-52-77)63-80(79(70)64-71)82-78-57-53-67(61-69(78)55-58-81(82)84-60-40-20-18-16-14-12-10-8-6-4-2)65-85(72-41-27-21-28-42-72,73-43-29-22-30-44-73)74-45-31-23-32-46-74/h21-38,41-58,61-64H,3-20,39-40,59-60,65-66H2,1-2H3/q+2. The van der Waals surface area contributed by atoms with E-state index in [1.807, 2.05) is 0 Å². The second kappa shape index (κ2) is 32.8. The molecule has 86 heavy (non-hydrogen) atoms. The highest BCUT2D eigenvalue weighted by molar-refractivity contribution is 7.95. The largest absolute Gasteiger partial charge is 0.494 e. The van der Waals surface area contributed by atoms with Gasteiger partial charge in [-0.05, 0) is 160 Å². The maximum atomic E-state index is 7.21. The summed E-state index contributed by atoms with van der Waals surface area (Å²) < 4.78 is 14.0. The van der Waals surface area contributed by atoms with Gasteiger partial charge in [-0.1, -0.05) is 263 Å². The highest BCUT2D eigenvalue weighted by Gasteiger charge is 2.47. The molecule has 0 aliphatic carbocycles. The SMILES string of the molecule is CCCCCCCCCCCCOc1ccc2cc(C[P+](c3ccccc3)(c3ccccc3)c3ccccc3)cc(-c3c(OCCCCCCCCCCCC)ccc4cc(C[P+](c5ccccc5)(c5ccccc5)c5ccccc5)ccc34)c2c1. The highest BCUT2D eigenvalue weighted by Crippen LogP contribution is 2.60. The summed E-state index contributed by atoms with van der Waals surface area (Å²) in [5.41, 5.74) is 5.01. The van der Waals surface area contributed by atoms with Gasteiger partial charge in [0, 0.05) is 5.56 Å². The van der Waals surface area contributed by atoms with Crippen molar-refractivity contribution in [3.63, 3.8) is 0 Å². The minimum absolute atomic E-state index is 0.681. The van der Waals surface area contributed by atoms with Gasteiger partial charge in [-0.25, -0.2) is 0 Å². The zero-order valence-corrected chi connectivity index (χ0v) is 53.6. The van der Waals surface area contributed by atoms with Crippen molar-refractivity contribution in [2.24, 2.45) is 0 Å². The molecule has 0 unspecified atom stereocenters. The molecule has 0 amide bonds. The maximum absolute atomic E-state index is 7.21. The Morgan fingerprint density at radius 1 is 0.279 bits per heavy atom. The molecule has 0 aliphatic heterocycles. The number of rotatable bonds is 35. The van der Waals surface area contributed by atoms with Crippen LogP contribution >= 0.6 is 14.5 Å². The molecule has 2 nitrogen and oxygen atoms in total. The third-order valence-electron chi connectivity index (χ3n) is 17.8. The average molecular weight is 1170 g/mol. The first-order valence-corrected chi connectivity index (χ1v) is 37.0. The van der Waals surface area contributed by atoms with Crippen LogP contribution in [0.1, 0.15) is 153 Å². The van der Waals surface area contributed by atoms with Gasteiger partial charge in [0.25, 0.3) is 0 Å². The highest BCUT2D eigenvalue weighted by atomic mass is 31.2. The number of ether oxygens (including phenoxy) is 2. The Hall–Kier alpha value is -6.82. The summed E-state index contributed by atoms with van der Waals surface area (Å²) in [6.45, 7) is 6.00. The van der Waals surface area contributed by atoms with E-state index in [-0.39, 0.29) is 0 Å². The van der Waals surface area contributed by atoms with Crippen LogP contribution in [0.2, 0.25) is 0 Å². The molecule has 10 rings (SSSR count). The fourth-order valence-electron chi connectivity index (χ4n) is 13.3. The molecule has 0 aliphatic rings. The van der Waals surface area contributed by atoms with Crippen LogP contribution in [0.15, 0.2) is 243 Å². The second-order valence-electron chi connectivity index (χ2n) is 24.0. The molecule has 0 saturated carbocycles. The van der Waals surface area contributed by atoms with Crippen LogP contribution in [0.25, 0.3) is 32.7 Å². The molecule has 0 spiro atoms. The molecule has 10 aromatic rings. The third kappa shape index (κ3) is 15.8. The normalized spacial score (nSPS) is 11.8. The zero-order chi connectivity index (χ0) is 58.9. The summed E-state index contributed by atoms with van der Waals surface area (Å²) in [6.07, 6.45) is 27.7. The average Bonchev–Trinajstić information content (AvgIpc) is 1.13. The molecule has 0 radical (unpaired) electrons. The van der Waals surface area contributed by atoms with E-state index in [0.29, 0.717) is 6.61 Å². The smallest absolute Gasteiger partial charge is 0.127 e. The van der Waals surface area contributed by atoms with Crippen LogP contribution in [0.5, 0.6) is 11.5 Å². The van der Waals surface area contributed by atoms with Crippen LogP contribution in [0.4, 0.5) is 0 Å². The molecular weight excluding hydrogens is 1080 g/mol. The van der Waals surface area contributed by atoms with E-state index >= 15 is 0 Å². The lowest BCUT2D eigenvalue weighted by Gasteiger charge is -2.28. The van der Waals surface area contributed by atoms with Crippen molar-refractivity contribution < 1.29 is 9.47 Å². The van der Waals surface area contributed by atoms with Crippen molar-refractivity contribution >= 4 is 67.9 Å². The van der Waals surface area contributed by atoms with Gasteiger partial charge in [-0.3, -0.25) is 0 Å². The topological polar surface area (TPSA) is 18.5 Å². The molecule has 0 fully saturated rings. The first kappa shape index (κ1) is 62.2. The molecule has 4 heteroatoms. The number of hydrogen-bond acceptors (Lipinski definition) is 2. The predicted molar refractivity (Wildman–Crippen MR) is 379 cm³/mol. The van der Waals surface area contributed by atoms with Crippen molar-refractivity contribution in [3.05, 3.63) is 254 Å². The Kier molecular flexibility index (Phi) is 23.7. The molecule has 0 atom stereocenters. The van der Waals surface area contributed by atoms with E-state index in [1.54, 1.807) is 0 Å². The van der Waals surface area contributed by atoms with E-state index in [0.717, 1.165) is 48.8 Å². The van der Waals surface area contributed by atoms with Crippen LogP contribution in [-0.4, -0.2) is 13.2 Å². The second-order valence-corrected chi connectivity index (χ2v) is 31.0. The van der Waals surface area contributed by atoms with Gasteiger partial charge in [0.15, 0.2) is 0 Å². The summed E-state index contributed by atoms with van der Waals surface area (Å²) in [7, 11) is -4.44. The molecule has 0 heterocycles. The van der Waals surface area contributed by atoms with Gasteiger partial charge < -0.3 is 9.47 Å². The van der Waals surface area contributed by atoms with Crippen molar-refractivity contribution in [1.29, 1.82) is 0 Å². The number of fused-ring (bicyclic) bond motifs is 2. The Morgan fingerprint density at radius 3 is 1.05 bits per heavy atom. The molecular formula is C82H94O2P2+2. The Bertz CT molecular complexity index is 3380. The van der Waals surface area contributed by atoms with Crippen molar-refractivity contribution in [1.82, 2.24) is 0 Å². The van der Waals surface area contributed by atoms with Gasteiger partial charge in [0.1, 0.15) is 57.9 Å². The van der Waals surface area contributed by atoms with Crippen LogP contribution in [0.3, 0.4) is 0 Å². The number of benzene rings is 10. The predicted octanol–water partition coefficient (Wildman–Crippen LogP) is 21.2. The Labute approximate surface area is 518 Å². The van der Waals surface area contributed by atoms with E-state index in [9.17, 15) is 0 Å². The summed E-state index contributed by atoms with van der Waals surface area (Å²) in [6, 6.07) is 92.0. The zero-order valence-electron chi connectivity index (χ0n) is 51.8. The first-order chi connectivity index (χ1) is 42.6. The summed E-state index contributed by atoms with van der Waals surface area (Å²) >= 11 is 0. The summed E-state index contributed by atoms with van der Waals surface area (Å²) in [5.74, 6) is 1.88. The molecule has 0 bridgehead atoms. The van der Waals surface area contributed by atoms with Gasteiger partial charge in [-0.2, -0.15) is 0 Å². The van der Waals surface area contributed by atoms with E-state index in [2.05, 4.69) is 257 Å². The van der Waals surface area contributed by atoms with Crippen LogP contribution in [0, 0.1) is 0 Å². The quantitative estimate of drug-likeness (QED) is 0.0291. The fourth-order valence-corrected chi connectivity index (χ4v) is 21.7. The van der Waals surface area contributed by atoms with E-state index < -0.39 is 14.5 Å². The minimum atomic E-state index is -2.27. The van der Waals surface area contributed by atoms with Crippen LogP contribution in [-0.2, 0) is 12.3 Å².